The molecule has 6 rings (SSSR count). The molecule has 8 heteroatoms. The molecule has 6 heterocycles. The minimum absolute atomic E-state index is 0.788. The zero-order valence-corrected chi connectivity index (χ0v) is 17.0. The fourth-order valence-electron chi connectivity index (χ4n) is 4.08. The smallest absolute Gasteiger partial charge is 0.120 e. The Balaban J connectivity index is 1.44. The highest BCUT2D eigenvalue weighted by molar-refractivity contribution is 5.85. The Hall–Kier alpha value is -3.91. The second-order valence-corrected chi connectivity index (χ2v) is 7.68. The summed E-state index contributed by atoms with van der Waals surface area (Å²) in [6.07, 6.45) is 5.69. The lowest BCUT2D eigenvalue weighted by Crippen LogP contribution is -2.28. The first-order valence-electron chi connectivity index (χ1n) is 10.3. The van der Waals surface area contributed by atoms with E-state index in [1.807, 2.05) is 55.8 Å². The largest absolute Gasteiger partial charge is 0.309 e. The van der Waals surface area contributed by atoms with Gasteiger partial charge in [0.15, 0.2) is 0 Å². The van der Waals surface area contributed by atoms with Crippen LogP contribution < -0.4 is 5.32 Å². The van der Waals surface area contributed by atoms with E-state index in [9.17, 15) is 0 Å². The van der Waals surface area contributed by atoms with E-state index in [1.165, 1.54) is 5.69 Å². The zero-order valence-electron chi connectivity index (χ0n) is 17.0. The van der Waals surface area contributed by atoms with E-state index >= 15 is 0 Å². The molecule has 5 aromatic rings. The lowest BCUT2D eigenvalue weighted by Gasteiger charge is -2.16. The molecule has 0 saturated heterocycles. The molecule has 0 spiro atoms. The van der Waals surface area contributed by atoms with Gasteiger partial charge in [-0.05, 0) is 37.3 Å². The van der Waals surface area contributed by atoms with Crippen LogP contribution in [0.1, 0.15) is 11.4 Å². The fraction of sp³-hybridized carbons (Fsp3) is 0.174. The Bertz CT molecular complexity index is 1410. The number of aromatic nitrogens is 7. The summed E-state index contributed by atoms with van der Waals surface area (Å²) in [5.74, 6) is 0. The number of hydrogen-bond acceptors (Lipinski definition) is 6. The van der Waals surface area contributed by atoms with Crippen LogP contribution >= 0.6 is 0 Å². The first-order chi connectivity index (χ1) is 15.3. The molecule has 0 radical (unpaired) electrons. The highest BCUT2D eigenvalue weighted by Crippen LogP contribution is 2.31. The first kappa shape index (κ1) is 17.9. The van der Waals surface area contributed by atoms with Crippen LogP contribution in [0, 0.1) is 6.92 Å². The maximum atomic E-state index is 4.92. The third-order valence-electron chi connectivity index (χ3n) is 5.64. The molecule has 0 aliphatic carbocycles. The van der Waals surface area contributed by atoms with Gasteiger partial charge in [0.2, 0.25) is 0 Å². The molecular weight excluding hydrogens is 388 g/mol. The zero-order chi connectivity index (χ0) is 20.8. The predicted molar refractivity (Wildman–Crippen MR) is 118 cm³/mol. The molecule has 0 unspecified atom stereocenters. The van der Waals surface area contributed by atoms with Gasteiger partial charge in [-0.2, -0.15) is 10.2 Å². The summed E-state index contributed by atoms with van der Waals surface area (Å²) in [5.41, 5.74) is 9.30. The number of hydrogen-bond donors (Lipinski definition) is 2. The Kier molecular flexibility index (Phi) is 4.10. The number of nitrogens with zero attached hydrogens (tertiary/aromatic N) is 6. The number of H-pyrrole nitrogens is 1. The van der Waals surface area contributed by atoms with Crippen molar-refractivity contribution < 1.29 is 0 Å². The van der Waals surface area contributed by atoms with Crippen LogP contribution in [0.15, 0.2) is 55.0 Å². The van der Waals surface area contributed by atoms with Crippen molar-refractivity contribution in [2.24, 2.45) is 0 Å². The van der Waals surface area contributed by atoms with Crippen LogP contribution in [0.5, 0.6) is 0 Å². The van der Waals surface area contributed by atoms with Gasteiger partial charge in [0, 0.05) is 47.9 Å². The fourth-order valence-corrected chi connectivity index (χ4v) is 4.08. The van der Waals surface area contributed by atoms with Crippen LogP contribution in [0.3, 0.4) is 0 Å². The van der Waals surface area contributed by atoms with Gasteiger partial charge < -0.3 is 5.32 Å². The van der Waals surface area contributed by atoms with Crippen molar-refractivity contribution in [3.63, 3.8) is 0 Å². The summed E-state index contributed by atoms with van der Waals surface area (Å²) >= 11 is 0. The van der Waals surface area contributed by atoms with Crippen molar-refractivity contribution in [3.05, 3.63) is 66.4 Å². The summed E-state index contributed by atoms with van der Waals surface area (Å²) in [4.78, 5) is 14.2. The number of fused-ring (bicyclic) bond motifs is 2. The van der Waals surface area contributed by atoms with E-state index in [2.05, 4.69) is 41.3 Å². The lowest BCUT2D eigenvalue weighted by atomic mass is 10.1. The van der Waals surface area contributed by atoms with Crippen molar-refractivity contribution >= 4 is 11.0 Å². The van der Waals surface area contributed by atoms with Gasteiger partial charge in [-0.25, -0.2) is 4.98 Å². The highest BCUT2D eigenvalue weighted by atomic mass is 15.3. The maximum absolute atomic E-state index is 4.92. The molecule has 0 fully saturated rings. The van der Waals surface area contributed by atoms with Crippen LogP contribution in [-0.2, 0) is 13.1 Å². The van der Waals surface area contributed by atoms with Crippen molar-refractivity contribution in [1.29, 1.82) is 0 Å². The van der Waals surface area contributed by atoms with Crippen molar-refractivity contribution in [2.45, 2.75) is 20.0 Å². The Labute approximate surface area is 178 Å². The van der Waals surface area contributed by atoms with Crippen LogP contribution in [0.25, 0.3) is 44.8 Å². The van der Waals surface area contributed by atoms with E-state index in [4.69, 9.17) is 4.98 Å². The van der Waals surface area contributed by atoms with Gasteiger partial charge in [-0.15, -0.1) is 0 Å². The summed E-state index contributed by atoms with van der Waals surface area (Å²) < 4.78 is 2.06. The van der Waals surface area contributed by atoms with E-state index in [-0.39, 0.29) is 0 Å². The molecular formula is C23H20N8. The monoisotopic (exact) mass is 408 g/mol. The second-order valence-electron chi connectivity index (χ2n) is 7.68. The van der Waals surface area contributed by atoms with Gasteiger partial charge in [0.25, 0.3) is 0 Å². The molecule has 8 nitrogen and oxygen atoms in total. The molecule has 1 aliphatic heterocycles. The average molecular weight is 408 g/mol. The quantitative estimate of drug-likeness (QED) is 0.475. The van der Waals surface area contributed by atoms with Gasteiger partial charge in [0.1, 0.15) is 5.69 Å². The van der Waals surface area contributed by atoms with E-state index in [1.54, 1.807) is 0 Å². The molecule has 1 aliphatic rings. The van der Waals surface area contributed by atoms with Gasteiger partial charge >= 0.3 is 0 Å². The molecule has 5 aromatic heterocycles. The predicted octanol–water partition coefficient (Wildman–Crippen LogP) is 3.36. The third kappa shape index (κ3) is 3.08. The maximum Gasteiger partial charge on any atom is 0.120 e. The molecule has 0 amide bonds. The van der Waals surface area contributed by atoms with E-state index in [0.29, 0.717) is 0 Å². The minimum atomic E-state index is 0.788. The highest BCUT2D eigenvalue weighted by Gasteiger charge is 2.17. The number of pyridine rings is 3. The van der Waals surface area contributed by atoms with Gasteiger partial charge in [0.05, 0.1) is 40.9 Å². The minimum Gasteiger partial charge on any atom is -0.309 e. The van der Waals surface area contributed by atoms with Gasteiger partial charge in [-0.3, -0.25) is 19.7 Å². The van der Waals surface area contributed by atoms with Crippen molar-refractivity contribution in [2.75, 3.05) is 6.54 Å². The number of nitrogens with one attached hydrogen (secondary N) is 2. The Morgan fingerprint density at radius 2 is 1.94 bits per heavy atom. The van der Waals surface area contributed by atoms with Crippen LogP contribution in [0.4, 0.5) is 0 Å². The third-order valence-corrected chi connectivity index (χ3v) is 5.64. The normalized spacial score (nSPS) is 13.5. The number of aryl methyl sites for hydroxylation is 1. The van der Waals surface area contributed by atoms with E-state index in [0.717, 1.165) is 70.1 Å². The average Bonchev–Trinajstić information content (AvgIpc) is 3.46. The number of aromatic amines is 1. The molecule has 2 N–H and O–H groups in total. The van der Waals surface area contributed by atoms with E-state index < -0.39 is 0 Å². The Morgan fingerprint density at radius 3 is 2.87 bits per heavy atom. The molecule has 0 aromatic carbocycles. The SMILES string of the molecule is Cc1cccc(-c2n[nH]cc2-c2ccc3ncc(-c4cnn5c4CNCC5)cc3n2)n1. The summed E-state index contributed by atoms with van der Waals surface area (Å²) in [7, 11) is 0. The lowest BCUT2D eigenvalue weighted by molar-refractivity contribution is 0.476. The Morgan fingerprint density at radius 1 is 0.968 bits per heavy atom. The topological polar surface area (TPSA) is 97.2 Å². The number of rotatable bonds is 3. The molecule has 152 valence electrons. The molecule has 0 saturated carbocycles. The second kappa shape index (κ2) is 7.10. The van der Waals surface area contributed by atoms with Crippen LogP contribution in [-0.4, -0.2) is 41.5 Å². The summed E-state index contributed by atoms with van der Waals surface area (Å²) in [5, 5.41) is 15.3. The molecule has 31 heavy (non-hydrogen) atoms. The summed E-state index contributed by atoms with van der Waals surface area (Å²) in [6.45, 7) is 4.61. The molecule has 0 atom stereocenters. The molecule has 0 bridgehead atoms. The summed E-state index contributed by atoms with van der Waals surface area (Å²) in [6, 6.07) is 12.0. The van der Waals surface area contributed by atoms with Crippen LogP contribution in [0.2, 0.25) is 0 Å². The van der Waals surface area contributed by atoms with Crippen molar-refractivity contribution in [3.8, 4) is 33.8 Å². The standard InChI is InChI=1S/C23H20N8/c1-14-3-2-4-20(28-14)23-17(11-26-30-23)18-5-6-19-21(29-18)9-15(10-25-19)16-12-27-31-8-7-24-13-22(16)31/h2-6,9-12,24H,7-8,13H2,1H3,(H,26,30). The van der Waals surface area contributed by atoms with Crippen molar-refractivity contribution in [1.82, 2.24) is 40.2 Å². The first-order valence-corrected chi connectivity index (χ1v) is 10.3. The van der Waals surface area contributed by atoms with Gasteiger partial charge in [-0.1, -0.05) is 6.07 Å².